The van der Waals surface area contributed by atoms with E-state index in [-0.39, 0.29) is 30.6 Å². The molecule has 0 aromatic heterocycles. The molecule has 1 rings (SSSR count). The predicted molar refractivity (Wildman–Crippen MR) is 150 cm³/mol. The fraction of sp³-hybridized carbons (Fsp3) is 0.667. The zero-order chi connectivity index (χ0) is 30.7. The summed E-state index contributed by atoms with van der Waals surface area (Å²) in [5.41, 5.74) is 5.14. The third-order valence-electron chi connectivity index (χ3n) is 6.80. The van der Waals surface area contributed by atoms with Crippen LogP contribution in [0.3, 0.4) is 0 Å². The van der Waals surface area contributed by atoms with Crippen molar-refractivity contribution in [1.29, 1.82) is 0 Å². The van der Waals surface area contributed by atoms with Gasteiger partial charge in [-0.05, 0) is 84.9 Å². The van der Waals surface area contributed by atoms with E-state index in [0.29, 0.717) is 24.8 Å². The summed E-state index contributed by atoms with van der Waals surface area (Å²) < 4.78 is 26.7. The van der Waals surface area contributed by atoms with E-state index in [1.54, 1.807) is 47.6 Å². The molecule has 0 saturated carbocycles. The first kappa shape index (κ1) is 34.9. The molecular weight excluding hydrogens is 518 g/mol. The van der Waals surface area contributed by atoms with Gasteiger partial charge >= 0.3 is 24.1 Å². The average Bonchev–Trinajstić information content (AvgIpc) is 2.88. The van der Waals surface area contributed by atoms with Crippen LogP contribution in [0.5, 0.6) is 11.5 Å². The number of carbonyl (C=O) groups excluding carboxylic acids is 4. The van der Waals surface area contributed by atoms with Crippen molar-refractivity contribution < 1.29 is 42.9 Å². The van der Waals surface area contributed by atoms with Gasteiger partial charge in [0.25, 0.3) is 0 Å². The first-order chi connectivity index (χ1) is 18.6. The molecule has 0 aliphatic rings. The van der Waals surface area contributed by atoms with Gasteiger partial charge in [0.1, 0.15) is 24.9 Å². The van der Waals surface area contributed by atoms with Crippen LogP contribution in [0.4, 0.5) is 4.79 Å². The molecule has 1 aromatic carbocycles. The van der Waals surface area contributed by atoms with E-state index in [1.807, 2.05) is 20.8 Å². The number of nitrogens with two attached hydrogens (primary N) is 1. The molecule has 1 unspecified atom stereocenters. The van der Waals surface area contributed by atoms with E-state index in [0.717, 1.165) is 6.42 Å². The van der Waals surface area contributed by atoms with Crippen LogP contribution in [-0.4, -0.2) is 48.9 Å². The number of hydrogen-bond donors (Lipinski definition) is 1. The Bertz CT molecular complexity index is 1020. The Kier molecular flexibility index (Phi) is 13.6. The average molecular weight is 566 g/mol. The van der Waals surface area contributed by atoms with Crippen molar-refractivity contribution in [3.8, 4) is 11.5 Å². The highest BCUT2D eigenvalue weighted by Crippen LogP contribution is 2.34. The van der Waals surface area contributed by atoms with Crippen LogP contribution in [0, 0.1) is 10.8 Å². The number of esters is 3. The summed E-state index contributed by atoms with van der Waals surface area (Å²) in [6.07, 6.45) is 0.902. The van der Waals surface area contributed by atoms with Crippen molar-refractivity contribution in [1.82, 2.24) is 0 Å². The lowest BCUT2D eigenvalue weighted by atomic mass is 9.90. The number of rotatable bonds is 15. The van der Waals surface area contributed by atoms with Crippen molar-refractivity contribution in [3.63, 3.8) is 0 Å². The Hall–Kier alpha value is -3.14. The number of hydrogen-bond acceptors (Lipinski definition) is 10. The quantitative estimate of drug-likeness (QED) is 0.214. The molecule has 0 amide bonds. The van der Waals surface area contributed by atoms with Gasteiger partial charge in [-0.15, -0.1) is 0 Å². The van der Waals surface area contributed by atoms with Crippen LogP contribution in [0.2, 0.25) is 0 Å². The van der Waals surface area contributed by atoms with Crippen molar-refractivity contribution >= 4 is 24.1 Å². The van der Waals surface area contributed by atoms with Gasteiger partial charge in [-0.1, -0.05) is 33.3 Å². The molecule has 0 saturated heterocycles. The van der Waals surface area contributed by atoms with E-state index in [1.165, 1.54) is 12.1 Å². The summed E-state index contributed by atoms with van der Waals surface area (Å²) in [6, 6.07) is 3.62. The topological polar surface area (TPSA) is 140 Å². The van der Waals surface area contributed by atoms with Gasteiger partial charge in [0.2, 0.25) is 0 Å². The molecule has 10 heteroatoms. The summed E-state index contributed by atoms with van der Waals surface area (Å²) in [5.74, 6) is -1.50. The van der Waals surface area contributed by atoms with Crippen LogP contribution in [-0.2, 0) is 35.0 Å². The Balaban J connectivity index is 2.93. The largest absolute Gasteiger partial charge is 0.508 e. The second-order valence-corrected chi connectivity index (χ2v) is 11.4. The fourth-order valence-corrected chi connectivity index (χ4v) is 3.11. The van der Waals surface area contributed by atoms with Gasteiger partial charge in [-0.3, -0.25) is 14.4 Å². The minimum atomic E-state index is -1.05. The molecule has 226 valence electrons. The Morgan fingerprint density at radius 2 is 1.35 bits per heavy atom. The van der Waals surface area contributed by atoms with Crippen LogP contribution in [0.1, 0.15) is 93.6 Å². The first-order valence-corrected chi connectivity index (χ1v) is 13.9. The van der Waals surface area contributed by atoms with Crippen LogP contribution >= 0.6 is 0 Å². The molecular formula is C30H47NO9. The summed E-state index contributed by atoms with van der Waals surface area (Å²) in [7, 11) is 0. The Morgan fingerprint density at radius 3 is 1.88 bits per heavy atom. The van der Waals surface area contributed by atoms with E-state index >= 15 is 0 Å². The summed E-state index contributed by atoms with van der Waals surface area (Å²) >= 11 is 0. The molecule has 0 fully saturated rings. The van der Waals surface area contributed by atoms with Gasteiger partial charge in [0.15, 0.2) is 11.5 Å². The smallest absolute Gasteiger partial charge is 0.461 e. The van der Waals surface area contributed by atoms with Gasteiger partial charge < -0.3 is 29.4 Å². The number of carbonyl (C=O) groups is 4. The highest BCUT2D eigenvalue weighted by Gasteiger charge is 2.31. The zero-order valence-corrected chi connectivity index (χ0v) is 25.5. The first-order valence-electron chi connectivity index (χ1n) is 13.9. The molecule has 0 spiro atoms. The van der Waals surface area contributed by atoms with Crippen LogP contribution < -0.4 is 15.2 Å². The molecule has 40 heavy (non-hydrogen) atoms. The van der Waals surface area contributed by atoms with E-state index in [2.05, 4.69) is 0 Å². The lowest BCUT2D eigenvalue weighted by Crippen LogP contribution is -2.36. The SMILES string of the molecule is CCCC(C)OC(=O)O[C@@H](C)COC(=O)[C@@H](N)Cc1ccc(OC(=O)C(C)(C)CC)c(OC(=O)C(C)(C)CC)c1. The highest BCUT2D eigenvalue weighted by molar-refractivity contribution is 5.81. The minimum Gasteiger partial charge on any atom is -0.461 e. The molecule has 1 aromatic rings. The van der Waals surface area contributed by atoms with Crippen molar-refractivity contribution in [2.75, 3.05) is 6.61 Å². The van der Waals surface area contributed by atoms with Crippen LogP contribution in [0.25, 0.3) is 0 Å². The van der Waals surface area contributed by atoms with Gasteiger partial charge in [-0.2, -0.15) is 0 Å². The van der Waals surface area contributed by atoms with Crippen molar-refractivity contribution in [2.45, 2.75) is 113 Å². The molecule has 2 N–H and O–H groups in total. The number of benzene rings is 1. The monoisotopic (exact) mass is 565 g/mol. The molecule has 0 aliphatic carbocycles. The molecule has 0 radical (unpaired) electrons. The Morgan fingerprint density at radius 1 is 0.825 bits per heavy atom. The van der Waals surface area contributed by atoms with E-state index < -0.39 is 47.0 Å². The predicted octanol–water partition coefficient (Wildman–Crippen LogP) is 5.51. The van der Waals surface area contributed by atoms with Gasteiger partial charge in [0.05, 0.1) is 10.8 Å². The minimum absolute atomic E-state index is 0.0566. The molecule has 3 atom stereocenters. The Labute approximate surface area is 238 Å². The third kappa shape index (κ3) is 11.2. The third-order valence-corrected chi connectivity index (χ3v) is 6.80. The van der Waals surface area contributed by atoms with E-state index in [9.17, 15) is 19.2 Å². The van der Waals surface area contributed by atoms with E-state index in [4.69, 9.17) is 29.4 Å². The second-order valence-electron chi connectivity index (χ2n) is 11.4. The molecule has 0 bridgehead atoms. The molecule has 0 heterocycles. The normalized spacial score (nSPS) is 13.9. The standard InChI is InChI=1S/C30H47NO9/c1-10-13-19(4)37-28(35)38-20(5)18-36-25(32)22(31)16-21-14-15-23(39-26(33)29(6,7)11-2)24(17-21)40-27(34)30(8,9)12-3/h14-15,17,19-20,22H,10-13,16,18,31H2,1-9H3/t19?,20-,22-/m0/s1. The van der Waals surface area contributed by atoms with Crippen molar-refractivity contribution in [2.24, 2.45) is 16.6 Å². The lowest BCUT2D eigenvalue weighted by molar-refractivity contribution is -0.148. The maximum absolute atomic E-state index is 12.8. The second kappa shape index (κ2) is 15.6. The van der Waals surface area contributed by atoms with Gasteiger partial charge in [0, 0.05) is 0 Å². The maximum Gasteiger partial charge on any atom is 0.508 e. The van der Waals surface area contributed by atoms with Crippen molar-refractivity contribution in [3.05, 3.63) is 23.8 Å². The summed E-state index contributed by atoms with van der Waals surface area (Å²) in [6.45, 7) is 15.9. The number of ether oxygens (including phenoxy) is 5. The fourth-order valence-electron chi connectivity index (χ4n) is 3.11. The maximum atomic E-state index is 12.8. The summed E-state index contributed by atoms with van der Waals surface area (Å²) in [4.78, 5) is 49.9. The molecule has 0 aliphatic heterocycles. The highest BCUT2D eigenvalue weighted by atomic mass is 16.7. The zero-order valence-electron chi connectivity index (χ0n) is 25.5. The van der Waals surface area contributed by atoms with Gasteiger partial charge in [-0.25, -0.2) is 4.79 Å². The summed E-state index contributed by atoms with van der Waals surface area (Å²) in [5, 5.41) is 0. The van der Waals surface area contributed by atoms with Crippen LogP contribution in [0.15, 0.2) is 18.2 Å². The molecule has 10 nitrogen and oxygen atoms in total. The lowest BCUT2D eigenvalue weighted by Gasteiger charge is -2.23.